The normalized spacial score (nSPS) is 11.0. The van der Waals surface area contributed by atoms with Crippen LogP contribution in [0.4, 0.5) is 0 Å². The number of hydrogen-bond donors (Lipinski definition) is 0. The van der Waals surface area contributed by atoms with E-state index in [2.05, 4.69) is 17.2 Å². The molecule has 0 N–H and O–H groups in total. The van der Waals surface area contributed by atoms with Gasteiger partial charge in [-0.05, 0) is 18.2 Å². The molecule has 0 aliphatic carbocycles. The number of esters is 1. The highest BCUT2D eigenvalue weighted by Gasteiger charge is 2.20. The van der Waals surface area contributed by atoms with E-state index >= 15 is 0 Å². The molecule has 1 aromatic carbocycles. The van der Waals surface area contributed by atoms with E-state index in [0.717, 1.165) is 27.3 Å². The average molecular weight is 329 g/mol. The Morgan fingerprint density at radius 2 is 2.08 bits per heavy atom. The zero-order valence-corrected chi connectivity index (χ0v) is 13.7. The lowest BCUT2D eigenvalue weighted by Gasteiger charge is -2.08. The van der Waals surface area contributed by atoms with Crippen LogP contribution in [0.15, 0.2) is 55.3 Å². The Bertz CT molecular complexity index is 1200. The van der Waals surface area contributed by atoms with Crippen molar-refractivity contribution in [2.24, 2.45) is 0 Å². The number of carbonyl (C=O) groups excluding carboxylic acids is 1. The molecule has 3 heterocycles. The van der Waals surface area contributed by atoms with Gasteiger partial charge in [-0.1, -0.05) is 24.3 Å². The molecule has 0 aliphatic rings. The largest absolute Gasteiger partial charge is 0.464 e. The lowest BCUT2D eigenvalue weighted by molar-refractivity contribution is 0.0592. The minimum absolute atomic E-state index is 0.396. The van der Waals surface area contributed by atoms with Crippen LogP contribution in [0.2, 0.25) is 0 Å². The molecule has 0 fully saturated rings. The molecule has 0 bridgehead atoms. The molecule has 4 aromatic rings. The predicted octanol–water partition coefficient (Wildman–Crippen LogP) is 3.89. The van der Waals surface area contributed by atoms with E-state index in [1.54, 1.807) is 16.7 Å². The van der Waals surface area contributed by atoms with Gasteiger partial charge in [0, 0.05) is 29.0 Å². The summed E-state index contributed by atoms with van der Waals surface area (Å²) in [4.78, 5) is 12.3. The van der Waals surface area contributed by atoms with Gasteiger partial charge in [-0.2, -0.15) is 5.26 Å². The van der Waals surface area contributed by atoms with Crippen LogP contribution in [0.3, 0.4) is 0 Å². The highest BCUT2D eigenvalue weighted by molar-refractivity contribution is 6.14. The summed E-state index contributed by atoms with van der Waals surface area (Å²) in [6.07, 6.45) is 3.50. The van der Waals surface area contributed by atoms with Crippen molar-refractivity contribution >= 4 is 33.3 Å². The molecule has 3 aromatic heterocycles. The van der Waals surface area contributed by atoms with Crippen molar-refractivity contribution in [2.45, 2.75) is 6.54 Å². The first-order valence-corrected chi connectivity index (χ1v) is 7.85. The van der Waals surface area contributed by atoms with Gasteiger partial charge in [0.05, 0.1) is 23.7 Å². The molecule has 0 radical (unpaired) electrons. The van der Waals surface area contributed by atoms with Crippen molar-refractivity contribution in [3.63, 3.8) is 0 Å². The molecule has 122 valence electrons. The van der Waals surface area contributed by atoms with Crippen molar-refractivity contribution in [3.8, 4) is 6.07 Å². The van der Waals surface area contributed by atoms with Crippen molar-refractivity contribution in [1.29, 1.82) is 5.26 Å². The molecule has 0 spiro atoms. The first-order valence-electron chi connectivity index (χ1n) is 7.85. The Hall–Kier alpha value is -3.52. The number of aromatic nitrogens is 2. The van der Waals surface area contributed by atoms with Crippen LogP contribution in [-0.2, 0) is 11.3 Å². The number of nitriles is 1. The van der Waals surface area contributed by atoms with Gasteiger partial charge in [0.2, 0.25) is 0 Å². The quantitative estimate of drug-likeness (QED) is 0.423. The van der Waals surface area contributed by atoms with Crippen LogP contribution in [0.1, 0.15) is 16.1 Å². The first-order chi connectivity index (χ1) is 12.2. The second-order valence-corrected chi connectivity index (χ2v) is 5.80. The number of rotatable bonds is 3. The minimum atomic E-state index is -0.437. The fourth-order valence-corrected chi connectivity index (χ4v) is 3.45. The van der Waals surface area contributed by atoms with E-state index in [1.165, 1.54) is 7.11 Å². The third kappa shape index (κ3) is 2.05. The number of hydrogen-bond acceptors (Lipinski definition) is 3. The number of carbonyl (C=O) groups is 1. The van der Waals surface area contributed by atoms with Crippen LogP contribution in [0.5, 0.6) is 0 Å². The maximum Gasteiger partial charge on any atom is 0.355 e. The topological polar surface area (TPSA) is 59.4 Å². The summed E-state index contributed by atoms with van der Waals surface area (Å²) in [7, 11) is 1.36. The third-order valence-corrected chi connectivity index (χ3v) is 4.45. The SMILES string of the molecule is C=CCn1c2ccccc2c2cc(C(=O)OC)n3cc(C#N)cc3c21. The monoisotopic (exact) mass is 329 g/mol. The number of fused-ring (bicyclic) bond motifs is 5. The molecule has 5 nitrogen and oxygen atoms in total. The second-order valence-electron chi connectivity index (χ2n) is 5.80. The van der Waals surface area contributed by atoms with E-state index in [9.17, 15) is 10.1 Å². The van der Waals surface area contributed by atoms with Crippen molar-refractivity contribution < 1.29 is 9.53 Å². The molecule has 4 rings (SSSR count). The standard InChI is InChI=1S/C20H15N3O2/c1-3-8-22-16-7-5-4-6-14(16)15-10-18(20(24)25-2)23-12-13(11-21)9-17(23)19(15)22/h3-7,9-10,12H,1,8H2,2H3. The summed E-state index contributed by atoms with van der Waals surface area (Å²) in [6.45, 7) is 4.48. The Balaban J connectivity index is 2.29. The van der Waals surface area contributed by atoms with E-state index in [-0.39, 0.29) is 0 Å². The number of methoxy groups -OCH3 is 1. The molecule has 0 saturated carbocycles. The molecule has 0 amide bonds. The Morgan fingerprint density at radius 1 is 1.28 bits per heavy atom. The molecular weight excluding hydrogens is 314 g/mol. The zero-order valence-electron chi connectivity index (χ0n) is 13.7. The maximum atomic E-state index is 12.3. The van der Waals surface area contributed by atoms with E-state index in [4.69, 9.17) is 4.74 Å². The number of nitrogens with zero attached hydrogens (tertiary/aromatic N) is 3. The van der Waals surface area contributed by atoms with Crippen molar-refractivity contribution in [2.75, 3.05) is 7.11 Å². The Kier molecular flexibility index (Phi) is 3.33. The molecule has 0 atom stereocenters. The number of pyridine rings is 1. The molecule has 0 saturated heterocycles. The average Bonchev–Trinajstić information content (AvgIpc) is 3.20. The fourth-order valence-electron chi connectivity index (χ4n) is 3.45. The van der Waals surface area contributed by atoms with Crippen molar-refractivity contribution in [1.82, 2.24) is 8.97 Å². The zero-order chi connectivity index (χ0) is 17.6. The molecule has 25 heavy (non-hydrogen) atoms. The molecule has 0 unspecified atom stereocenters. The molecular formula is C20H15N3O2. The lowest BCUT2D eigenvalue weighted by Crippen LogP contribution is -2.08. The smallest absolute Gasteiger partial charge is 0.355 e. The minimum Gasteiger partial charge on any atom is -0.464 e. The van der Waals surface area contributed by atoms with E-state index < -0.39 is 5.97 Å². The second kappa shape index (κ2) is 5.53. The number of ether oxygens (including phenoxy) is 1. The highest BCUT2D eigenvalue weighted by Crippen LogP contribution is 2.34. The highest BCUT2D eigenvalue weighted by atomic mass is 16.5. The Labute approximate surface area is 143 Å². The number of para-hydroxylation sites is 1. The summed E-state index contributed by atoms with van der Waals surface area (Å²) in [5.74, 6) is -0.437. The molecule has 5 heteroatoms. The fraction of sp³-hybridized carbons (Fsp3) is 0.100. The predicted molar refractivity (Wildman–Crippen MR) is 96.7 cm³/mol. The van der Waals surface area contributed by atoms with Crippen LogP contribution < -0.4 is 0 Å². The van der Waals surface area contributed by atoms with Gasteiger partial charge in [-0.15, -0.1) is 6.58 Å². The third-order valence-electron chi connectivity index (χ3n) is 4.45. The lowest BCUT2D eigenvalue weighted by atomic mass is 10.1. The van der Waals surface area contributed by atoms with Gasteiger partial charge in [-0.25, -0.2) is 4.79 Å². The Morgan fingerprint density at radius 3 is 2.80 bits per heavy atom. The summed E-state index contributed by atoms with van der Waals surface area (Å²) in [6, 6.07) is 13.8. The van der Waals surface area contributed by atoms with Gasteiger partial charge in [0.15, 0.2) is 0 Å². The summed E-state index contributed by atoms with van der Waals surface area (Å²) >= 11 is 0. The maximum absolute atomic E-state index is 12.3. The summed E-state index contributed by atoms with van der Waals surface area (Å²) in [5.41, 5.74) is 3.71. The van der Waals surface area contributed by atoms with E-state index in [0.29, 0.717) is 17.8 Å². The van der Waals surface area contributed by atoms with Crippen molar-refractivity contribution in [3.05, 3.63) is 66.5 Å². The summed E-state index contributed by atoms with van der Waals surface area (Å²) in [5, 5.41) is 11.3. The summed E-state index contributed by atoms with van der Waals surface area (Å²) < 4.78 is 8.81. The van der Waals surface area contributed by atoms with Crippen LogP contribution >= 0.6 is 0 Å². The van der Waals surface area contributed by atoms with Crippen LogP contribution in [0, 0.1) is 11.3 Å². The van der Waals surface area contributed by atoms with Gasteiger partial charge in [0.1, 0.15) is 11.8 Å². The van der Waals surface area contributed by atoms with Gasteiger partial charge >= 0.3 is 5.97 Å². The first kappa shape index (κ1) is 15.0. The van der Waals surface area contributed by atoms with Gasteiger partial charge in [-0.3, -0.25) is 0 Å². The number of allylic oxidation sites excluding steroid dienone is 1. The van der Waals surface area contributed by atoms with E-state index in [1.807, 2.05) is 36.4 Å². The van der Waals surface area contributed by atoms with Crippen LogP contribution in [-0.4, -0.2) is 22.0 Å². The molecule has 0 aliphatic heterocycles. The van der Waals surface area contributed by atoms with Gasteiger partial charge < -0.3 is 13.7 Å². The number of benzene rings is 1. The van der Waals surface area contributed by atoms with Crippen LogP contribution in [0.25, 0.3) is 27.3 Å². The van der Waals surface area contributed by atoms with Gasteiger partial charge in [0.25, 0.3) is 0 Å².